The van der Waals surface area contributed by atoms with Gasteiger partial charge in [-0.15, -0.1) is 0 Å². The van der Waals surface area contributed by atoms with Crippen LogP contribution in [0.2, 0.25) is 0 Å². The van der Waals surface area contributed by atoms with Crippen molar-refractivity contribution < 1.29 is 23.8 Å². The van der Waals surface area contributed by atoms with Gasteiger partial charge in [-0.3, -0.25) is 4.79 Å². The molecule has 2 heterocycles. The van der Waals surface area contributed by atoms with Crippen LogP contribution in [0.5, 0.6) is 5.75 Å². The minimum absolute atomic E-state index is 0.255. The molecule has 0 amide bonds. The molecule has 5 rings (SSSR count). The Hall–Kier alpha value is -3.64. The van der Waals surface area contributed by atoms with Crippen LogP contribution in [0, 0.1) is 18.7 Å². The van der Waals surface area contributed by atoms with Crippen molar-refractivity contribution in [1.82, 2.24) is 4.57 Å². The van der Waals surface area contributed by atoms with Crippen LogP contribution in [-0.2, 0) is 28.2 Å². The third-order valence-corrected chi connectivity index (χ3v) is 7.43. The summed E-state index contributed by atoms with van der Waals surface area (Å²) in [7, 11) is 0. The zero-order chi connectivity index (χ0) is 27.2. The molecule has 0 spiro atoms. The summed E-state index contributed by atoms with van der Waals surface area (Å²) in [5.41, 5.74) is 3.90. The lowest BCUT2D eigenvalue weighted by molar-refractivity contribution is -0.166. The van der Waals surface area contributed by atoms with Crippen molar-refractivity contribution in [2.24, 2.45) is 5.92 Å². The van der Waals surface area contributed by atoms with Crippen molar-refractivity contribution in [3.8, 4) is 11.4 Å². The Morgan fingerprint density at radius 3 is 2.53 bits per heavy atom. The highest BCUT2D eigenvalue weighted by molar-refractivity contribution is 5.94. The van der Waals surface area contributed by atoms with E-state index in [0.717, 1.165) is 33.4 Å². The van der Waals surface area contributed by atoms with E-state index >= 15 is 0 Å². The second-order valence-corrected chi connectivity index (χ2v) is 11.2. The first kappa shape index (κ1) is 26.0. The van der Waals surface area contributed by atoms with E-state index in [1.807, 2.05) is 75.4 Å². The number of benzene rings is 3. The van der Waals surface area contributed by atoms with Crippen LogP contribution < -0.4 is 4.74 Å². The van der Waals surface area contributed by atoms with Crippen LogP contribution in [0.15, 0.2) is 66.7 Å². The van der Waals surface area contributed by atoms with Crippen molar-refractivity contribution in [3.63, 3.8) is 0 Å². The third kappa shape index (κ3) is 4.69. The first-order chi connectivity index (χ1) is 18.0. The number of carboxylic acid groups (broad SMARTS) is 1. The van der Waals surface area contributed by atoms with Crippen molar-refractivity contribution in [2.45, 2.75) is 65.3 Å². The summed E-state index contributed by atoms with van der Waals surface area (Å²) in [5.74, 6) is -1.03. The average Bonchev–Trinajstić information content (AvgIpc) is 3.19. The van der Waals surface area contributed by atoms with Gasteiger partial charge in [-0.2, -0.15) is 0 Å². The van der Waals surface area contributed by atoms with Gasteiger partial charge < -0.3 is 19.1 Å². The monoisotopic (exact) mass is 515 g/mol. The number of aliphatic carboxylic acids is 1. The van der Waals surface area contributed by atoms with Crippen molar-refractivity contribution in [2.75, 3.05) is 0 Å². The van der Waals surface area contributed by atoms with Crippen molar-refractivity contribution in [1.29, 1.82) is 0 Å². The van der Waals surface area contributed by atoms with E-state index in [-0.39, 0.29) is 5.82 Å². The molecule has 4 aromatic rings. The molecule has 198 valence electrons. The summed E-state index contributed by atoms with van der Waals surface area (Å²) in [6, 6.07) is 21.1. The predicted molar refractivity (Wildman–Crippen MR) is 146 cm³/mol. The number of aromatic nitrogens is 1. The average molecular weight is 516 g/mol. The summed E-state index contributed by atoms with van der Waals surface area (Å²) in [6.45, 7) is 9.92. The fourth-order valence-electron chi connectivity index (χ4n) is 5.93. The smallest absolute Gasteiger partial charge is 0.306 e. The molecule has 1 N–H and O–H groups in total. The van der Waals surface area contributed by atoms with Crippen LogP contribution in [0.1, 0.15) is 56.5 Å². The van der Waals surface area contributed by atoms with E-state index in [1.165, 1.54) is 6.07 Å². The van der Waals surface area contributed by atoms with Crippen LogP contribution in [-0.4, -0.2) is 21.2 Å². The molecule has 0 aliphatic carbocycles. The molecule has 0 radical (unpaired) electrons. The van der Waals surface area contributed by atoms with Gasteiger partial charge in [-0.25, -0.2) is 4.39 Å². The lowest BCUT2D eigenvalue weighted by atomic mass is 9.79. The summed E-state index contributed by atoms with van der Waals surface area (Å²) in [4.78, 5) is 12.0. The van der Waals surface area contributed by atoms with Gasteiger partial charge in [0.25, 0.3) is 0 Å². The number of ether oxygens (including phenoxy) is 2. The summed E-state index contributed by atoms with van der Waals surface area (Å²) in [5, 5.41) is 10.7. The first-order valence-corrected chi connectivity index (χ1v) is 13.0. The molecule has 0 fully saturated rings. The fourth-order valence-corrected chi connectivity index (χ4v) is 5.93. The summed E-state index contributed by atoms with van der Waals surface area (Å²) < 4.78 is 29.6. The highest BCUT2D eigenvalue weighted by Gasteiger charge is 2.47. The molecular formula is C32H34FNO4. The van der Waals surface area contributed by atoms with Gasteiger partial charge in [0.15, 0.2) is 0 Å². The van der Waals surface area contributed by atoms with Crippen LogP contribution in [0.4, 0.5) is 4.39 Å². The minimum atomic E-state index is -0.889. The van der Waals surface area contributed by atoms with E-state index in [0.29, 0.717) is 30.8 Å². The Morgan fingerprint density at radius 1 is 1.11 bits per heavy atom. The molecule has 3 aromatic carbocycles. The molecule has 6 heteroatoms. The van der Waals surface area contributed by atoms with Crippen LogP contribution in [0.25, 0.3) is 16.6 Å². The zero-order valence-electron chi connectivity index (χ0n) is 22.5. The maximum Gasteiger partial charge on any atom is 0.306 e. The number of nitrogens with zero attached hydrogens (tertiary/aromatic N) is 1. The molecule has 1 unspecified atom stereocenters. The van der Waals surface area contributed by atoms with Gasteiger partial charge in [-0.1, -0.05) is 43.3 Å². The molecule has 0 saturated carbocycles. The van der Waals surface area contributed by atoms with E-state index in [1.54, 1.807) is 19.9 Å². The summed E-state index contributed by atoms with van der Waals surface area (Å²) in [6.07, 6.45) is 0.899. The minimum Gasteiger partial charge on any atom is -0.488 e. The van der Waals surface area contributed by atoms with Gasteiger partial charge in [0.2, 0.25) is 0 Å². The molecule has 5 nitrogen and oxygen atoms in total. The van der Waals surface area contributed by atoms with E-state index < -0.39 is 23.1 Å². The maximum atomic E-state index is 14.3. The quantitative estimate of drug-likeness (QED) is 0.280. The van der Waals surface area contributed by atoms with Gasteiger partial charge in [0.05, 0.1) is 22.6 Å². The Morgan fingerprint density at radius 2 is 1.84 bits per heavy atom. The zero-order valence-corrected chi connectivity index (χ0v) is 22.5. The number of hydrogen-bond acceptors (Lipinski definition) is 3. The Bertz CT molecular complexity index is 1510. The van der Waals surface area contributed by atoms with Crippen molar-refractivity contribution >= 4 is 16.9 Å². The van der Waals surface area contributed by atoms with Gasteiger partial charge in [-0.05, 0) is 75.6 Å². The lowest BCUT2D eigenvalue weighted by Gasteiger charge is -2.45. The maximum absolute atomic E-state index is 14.3. The first-order valence-electron chi connectivity index (χ1n) is 13.0. The number of carbonyl (C=O) groups is 1. The van der Waals surface area contributed by atoms with Crippen molar-refractivity contribution in [3.05, 3.63) is 94.9 Å². The highest BCUT2D eigenvalue weighted by atomic mass is 19.1. The molecular weight excluding hydrogens is 481 g/mol. The van der Waals surface area contributed by atoms with E-state index in [9.17, 15) is 14.3 Å². The molecule has 1 aliphatic rings. The normalized spacial score (nSPS) is 19.2. The number of rotatable bonds is 7. The molecule has 38 heavy (non-hydrogen) atoms. The largest absolute Gasteiger partial charge is 0.488 e. The molecule has 0 bridgehead atoms. The van der Waals surface area contributed by atoms with E-state index in [4.69, 9.17) is 9.47 Å². The number of hydrogen-bond donors (Lipinski definition) is 1. The van der Waals surface area contributed by atoms with Gasteiger partial charge in [0.1, 0.15) is 18.2 Å². The van der Waals surface area contributed by atoms with Crippen LogP contribution in [0.3, 0.4) is 0 Å². The number of halogens is 1. The standard InChI is InChI=1S/C32H34FNO4/c1-20-16-23(14-15-24(20)33)34-25-12-9-13-27(37-19-22-10-7-6-8-11-22)28(25)29-26(34)18-31(3,4)38-32(29,5)17-21(2)30(35)36/h6-16,21H,17-19H2,1-5H3,(H,35,36)/t21?,32-/m1/s1. The highest BCUT2D eigenvalue weighted by Crippen LogP contribution is 2.51. The fraction of sp³-hybridized carbons (Fsp3) is 0.344. The summed E-state index contributed by atoms with van der Waals surface area (Å²) >= 11 is 0. The molecule has 2 atom stereocenters. The number of aryl methyl sites for hydroxylation is 1. The number of fused-ring (bicyclic) bond motifs is 3. The Kier molecular flexibility index (Phi) is 6.56. The molecule has 1 aromatic heterocycles. The lowest BCUT2D eigenvalue weighted by Crippen LogP contribution is -2.45. The van der Waals surface area contributed by atoms with E-state index in [2.05, 4.69) is 4.57 Å². The second-order valence-electron chi connectivity index (χ2n) is 11.2. The third-order valence-electron chi connectivity index (χ3n) is 7.43. The number of carboxylic acids is 1. The Labute approximate surface area is 222 Å². The molecule has 0 saturated heterocycles. The SMILES string of the molecule is Cc1cc(-n2c3c(c4c(OCc5ccccc5)cccc42)[C@@](C)(CC(C)C(=O)O)OC(C)(C)C3)ccc1F. The predicted octanol–water partition coefficient (Wildman–Crippen LogP) is 7.33. The van der Waals surface area contributed by atoms with Gasteiger partial charge >= 0.3 is 5.97 Å². The van der Waals surface area contributed by atoms with Gasteiger partial charge in [0, 0.05) is 28.8 Å². The topological polar surface area (TPSA) is 60.7 Å². The second kappa shape index (κ2) is 9.59. The molecule has 1 aliphatic heterocycles. The van der Waals surface area contributed by atoms with Crippen LogP contribution >= 0.6 is 0 Å². The Balaban J connectivity index is 1.78.